The molecule has 0 unspecified atom stereocenters. The molecule has 2 rings (SSSR count). The molecule has 0 saturated carbocycles. The van der Waals surface area contributed by atoms with Crippen molar-refractivity contribution in [3.05, 3.63) is 33.1 Å². The lowest BCUT2D eigenvalue weighted by Gasteiger charge is -2.29. The predicted octanol–water partition coefficient (Wildman–Crippen LogP) is 2.22. The smallest absolute Gasteiger partial charge is 0.290 e. The predicted molar refractivity (Wildman–Crippen MR) is 61.1 cm³/mol. The summed E-state index contributed by atoms with van der Waals surface area (Å²) in [4.78, 5) is 11.6. The van der Waals surface area contributed by atoms with Gasteiger partial charge < -0.3 is 9.64 Å². The zero-order valence-electron chi connectivity index (χ0n) is 8.86. The van der Waals surface area contributed by atoms with E-state index in [4.69, 9.17) is 16.3 Å². The molecule has 1 fully saturated rings. The number of rotatable bonds is 2. The number of nitro groups is 1. The largest absolute Gasteiger partial charge is 0.378 e. The van der Waals surface area contributed by atoms with Crippen LogP contribution in [0.3, 0.4) is 0 Å². The molecule has 1 aromatic carbocycles. The molecule has 1 saturated heterocycles. The van der Waals surface area contributed by atoms with Gasteiger partial charge in [-0.15, -0.1) is 0 Å². The van der Waals surface area contributed by atoms with Crippen LogP contribution in [0.15, 0.2) is 12.1 Å². The van der Waals surface area contributed by atoms with E-state index >= 15 is 0 Å². The third kappa shape index (κ3) is 2.48. The SMILES string of the molecule is O=[N+]([O-])c1cc(F)c(N2CCOCC2)cc1Cl. The van der Waals surface area contributed by atoms with Gasteiger partial charge in [0, 0.05) is 13.1 Å². The van der Waals surface area contributed by atoms with Crippen molar-refractivity contribution < 1.29 is 14.1 Å². The van der Waals surface area contributed by atoms with E-state index in [9.17, 15) is 14.5 Å². The van der Waals surface area contributed by atoms with Crippen molar-refractivity contribution in [2.75, 3.05) is 31.2 Å². The van der Waals surface area contributed by atoms with Gasteiger partial charge in [0.15, 0.2) is 5.82 Å². The van der Waals surface area contributed by atoms with Crippen molar-refractivity contribution in [2.24, 2.45) is 0 Å². The maximum absolute atomic E-state index is 13.7. The van der Waals surface area contributed by atoms with Gasteiger partial charge in [0.05, 0.1) is 29.9 Å². The summed E-state index contributed by atoms with van der Waals surface area (Å²) < 4.78 is 18.9. The number of halogens is 2. The molecule has 0 atom stereocenters. The lowest BCUT2D eigenvalue weighted by molar-refractivity contribution is -0.384. The highest BCUT2D eigenvalue weighted by molar-refractivity contribution is 6.32. The van der Waals surface area contributed by atoms with Crippen LogP contribution in [0, 0.1) is 15.9 Å². The second-order valence-electron chi connectivity index (χ2n) is 3.61. The standard InChI is InChI=1S/C10H10ClFN2O3/c11-7-5-10(13-1-3-17-4-2-13)8(12)6-9(7)14(15)16/h5-6H,1-4H2. The van der Waals surface area contributed by atoms with Crippen LogP contribution in [0.5, 0.6) is 0 Å². The van der Waals surface area contributed by atoms with Crippen LogP contribution in [0.25, 0.3) is 0 Å². The highest BCUT2D eigenvalue weighted by Crippen LogP contribution is 2.32. The first kappa shape index (κ1) is 12.1. The molecule has 17 heavy (non-hydrogen) atoms. The molecule has 0 bridgehead atoms. The molecular weight excluding hydrogens is 251 g/mol. The van der Waals surface area contributed by atoms with Crippen molar-refractivity contribution in [3.63, 3.8) is 0 Å². The van der Waals surface area contributed by atoms with E-state index in [1.54, 1.807) is 4.90 Å². The Labute approximate surface area is 102 Å². The average Bonchev–Trinajstić information content (AvgIpc) is 2.32. The Bertz CT molecular complexity index is 449. The number of ether oxygens (including phenoxy) is 1. The number of morpholine rings is 1. The van der Waals surface area contributed by atoms with Gasteiger partial charge in [-0.2, -0.15) is 0 Å². The fraction of sp³-hybridized carbons (Fsp3) is 0.400. The van der Waals surface area contributed by atoms with Crippen LogP contribution in [0.2, 0.25) is 5.02 Å². The Morgan fingerprint density at radius 1 is 1.41 bits per heavy atom. The van der Waals surface area contributed by atoms with Crippen molar-refractivity contribution >= 4 is 23.0 Å². The van der Waals surface area contributed by atoms with Gasteiger partial charge in [0.1, 0.15) is 5.02 Å². The van der Waals surface area contributed by atoms with E-state index in [1.807, 2.05) is 0 Å². The topological polar surface area (TPSA) is 55.6 Å². The Hall–Kier alpha value is -1.40. The maximum Gasteiger partial charge on any atom is 0.290 e. The number of nitrogens with zero attached hydrogens (tertiary/aromatic N) is 2. The maximum atomic E-state index is 13.7. The molecular formula is C10H10ClFN2O3. The molecule has 1 aliphatic rings. The monoisotopic (exact) mass is 260 g/mol. The number of nitro benzene ring substituents is 1. The number of anilines is 1. The van der Waals surface area contributed by atoms with Crippen molar-refractivity contribution in [1.29, 1.82) is 0 Å². The van der Waals surface area contributed by atoms with Crippen molar-refractivity contribution in [2.45, 2.75) is 0 Å². The van der Waals surface area contributed by atoms with Crippen LogP contribution in [-0.2, 0) is 4.74 Å². The van der Waals surface area contributed by atoms with E-state index in [0.717, 1.165) is 6.07 Å². The third-order valence-corrected chi connectivity index (χ3v) is 2.87. The Morgan fingerprint density at radius 2 is 2.06 bits per heavy atom. The van der Waals surface area contributed by atoms with Crippen LogP contribution in [0.4, 0.5) is 15.8 Å². The Balaban J connectivity index is 2.35. The Kier molecular flexibility index (Phi) is 3.44. The highest BCUT2D eigenvalue weighted by Gasteiger charge is 2.21. The van der Waals surface area contributed by atoms with Crippen molar-refractivity contribution in [1.82, 2.24) is 0 Å². The summed E-state index contributed by atoms with van der Waals surface area (Å²) >= 11 is 5.75. The van der Waals surface area contributed by atoms with Gasteiger partial charge in [-0.25, -0.2) is 4.39 Å². The first-order valence-electron chi connectivity index (χ1n) is 5.05. The zero-order chi connectivity index (χ0) is 12.4. The summed E-state index contributed by atoms with van der Waals surface area (Å²) in [6.45, 7) is 2.11. The average molecular weight is 261 g/mol. The molecule has 1 aliphatic heterocycles. The first-order valence-corrected chi connectivity index (χ1v) is 5.43. The molecule has 5 nitrogen and oxygen atoms in total. The van der Waals surface area contributed by atoms with Crippen LogP contribution >= 0.6 is 11.6 Å². The van der Waals surface area contributed by atoms with E-state index in [1.165, 1.54) is 6.07 Å². The fourth-order valence-corrected chi connectivity index (χ4v) is 1.94. The summed E-state index contributed by atoms with van der Waals surface area (Å²) in [5, 5.41) is 10.5. The van der Waals surface area contributed by atoms with Gasteiger partial charge >= 0.3 is 0 Å². The molecule has 0 radical (unpaired) electrons. The quantitative estimate of drug-likeness (QED) is 0.604. The second kappa shape index (κ2) is 4.85. The number of hydrogen-bond donors (Lipinski definition) is 0. The van der Waals surface area contributed by atoms with Crippen LogP contribution in [0.1, 0.15) is 0 Å². The fourth-order valence-electron chi connectivity index (χ4n) is 1.71. The highest BCUT2D eigenvalue weighted by atomic mass is 35.5. The summed E-state index contributed by atoms with van der Waals surface area (Å²) in [6, 6.07) is 2.15. The van der Waals surface area contributed by atoms with E-state index < -0.39 is 16.4 Å². The van der Waals surface area contributed by atoms with Gasteiger partial charge in [0.2, 0.25) is 0 Å². The molecule has 92 valence electrons. The lowest BCUT2D eigenvalue weighted by Crippen LogP contribution is -2.36. The summed E-state index contributed by atoms with van der Waals surface area (Å²) in [6.07, 6.45) is 0. The van der Waals surface area contributed by atoms with Gasteiger partial charge in [-0.05, 0) is 6.07 Å². The second-order valence-corrected chi connectivity index (χ2v) is 4.02. The molecule has 0 aliphatic carbocycles. The molecule has 1 heterocycles. The molecule has 0 amide bonds. The minimum Gasteiger partial charge on any atom is -0.378 e. The van der Waals surface area contributed by atoms with Gasteiger partial charge in [-0.1, -0.05) is 11.6 Å². The van der Waals surface area contributed by atoms with Crippen LogP contribution in [-0.4, -0.2) is 31.2 Å². The van der Waals surface area contributed by atoms with E-state index in [-0.39, 0.29) is 10.7 Å². The molecule has 0 aromatic heterocycles. The lowest BCUT2D eigenvalue weighted by atomic mass is 10.2. The van der Waals surface area contributed by atoms with Gasteiger partial charge in [0.25, 0.3) is 5.69 Å². The minimum absolute atomic E-state index is 0.0575. The van der Waals surface area contributed by atoms with Crippen molar-refractivity contribution in [3.8, 4) is 0 Å². The summed E-state index contributed by atoms with van der Waals surface area (Å²) in [5.74, 6) is -0.636. The van der Waals surface area contributed by atoms with E-state index in [2.05, 4.69) is 0 Å². The number of benzene rings is 1. The third-order valence-electron chi connectivity index (χ3n) is 2.56. The van der Waals surface area contributed by atoms with E-state index in [0.29, 0.717) is 26.3 Å². The summed E-state index contributed by atoms with van der Waals surface area (Å²) in [7, 11) is 0. The van der Waals surface area contributed by atoms with Crippen LogP contribution < -0.4 is 4.90 Å². The summed E-state index contributed by atoms with van der Waals surface area (Å²) in [5.41, 5.74) is -0.134. The Morgan fingerprint density at radius 3 is 2.65 bits per heavy atom. The molecule has 0 N–H and O–H groups in total. The first-order chi connectivity index (χ1) is 8.09. The van der Waals surface area contributed by atoms with Gasteiger partial charge in [-0.3, -0.25) is 10.1 Å². The zero-order valence-corrected chi connectivity index (χ0v) is 9.61. The molecule has 7 heteroatoms. The normalized spacial score (nSPS) is 16.0. The molecule has 1 aromatic rings. The molecule has 0 spiro atoms. The number of hydrogen-bond acceptors (Lipinski definition) is 4. The minimum atomic E-state index is -0.700.